The topological polar surface area (TPSA) is 105 Å². The summed E-state index contributed by atoms with van der Waals surface area (Å²) in [5.41, 5.74) is 4.67. The first-order valence-corrected chi connectivity index (χ1v) is 11.7. The van der Waals surface area contributed by atoms with Crippen molar-refractivity contribution in [3.05, 3.63) is 95.1 Å². The summed E-state index contributed by atoms with van der Waals surface area (Å²) in [6.45, 7) is 0.535. The molecule has 7 heteroatoms. The van der Waals surface area contributed by atoms with Crippen molar-refractivity contribution < 1.29 is 24.2 Å². The molecule has 0 heterocycles. The van der Waals surface area contributed by atoms with Crippen molar-refractivity contribution in [1.29, 1.82) is 0 Å². The summed E-state index contributed by atoms with van der Waals surface area (Å²) in [6, 6.07) is 22.9. The van der Waals surface area contributed by atoms with Crippen LogP contribution in [0.3, 0.4) is 0 Å². The summed E-state index contributed by atoms with van der Waals surface area (Å²) in [6.07, 6.45) is 0.997. The van der Waals surface area contributed by atoms with E-state index in [1.165, 1.54) is 6.07 Å². The predicted molar refractivity (Wildman–Crippen MR) is 130 cm³/mol. The molecule has 7 nitrogen and oxygen atoms in total. The Balaban J connectivity index is 1.14. The lowest BCUT2D eigenvalue weighted by Crippen LogP contribution is -2.49. The summed E-state index contributed by atoms with van der Waals surface area (Å²) in [5, 5.41) is 14.7. The fraction of sp³-hybridized carbons (Fsp3) is 0.250. The van der Waals surface area contributed by atoms with E-state index in [1.54, 1.807) is 12.1 Å². The molecule has 35 heavy (non-hydrogen) atoms. The van der Waals surface area contributed by atoms with Gasteiger partial charge in [0.1, 0.15) is 12.1 Å². The maximum atomic E-state index is 12.7. The van der Waals surface area contributed by atoms with Crippen LogP contribution in [0.15, 0.2) is 72.8 Å². The number of aromatic carboxylic acids is 1. The average Bonchev–Trinajstić information content (AvgIpc) is 3.58. The molecule has 3 N–H and O–H groups in total. The van der Waals surface area contributed by atoms with Crippen molar-refractivity contribution in [2.75, 3.05) is 13.2 Å². The number of carboxylic acid groups (broad SMARTS) is 1. The van der Waals surface area contributed by atoms with Crippen LogP contribution < -0.4 is 10.6 Å². The zero-order valence-corrected chi connectivity index (χ0v) is 19.1. The minimum Gasteiger partial charge on any atom is -0.478 e. The molecule has 2 amide bonds. The fourth-order valence-corrected chi connectivity index (χ4v) is 4.71. The lowest BCUT2D eigenvalue weighted by molar-refractivity contribution is -0.124. The Kier molecular flexibility index (Phi) is 5.99. The van der Waals surface area contributed by atoms with Gasteiger partial charge in [0.25, 0.3) is 0 Å². The molecule has 0 radical (unpaired) electrons. The largest absolute Gasteiger partial charge is 0.478 e. The second-order valence-electron chi connectivity index (χ2n) is 9.04. The fourth-order valence-electron chi connectivity index (χ4n) is 4.71. The van der Waals surface area contributed by atoms with E-state index in [-0.39, 0.29) is 24.0 Å². The molecule has 0 aliphatic heterocycles. The highest BCUT2D eigenvalue weighted by molar-refractivity contribution is 5.93. The number of hydrogen-bond acceptors (Lipinski definition) is 4. The third kappa shape index (κ3) is 4.62. The molecule has 0 aromatic heterocycles. The summed E-state index contributed by atoms with van der Waals surface area (Å²) >= 11 is 0. The summed E-state index contributed by atoms with van der Waals surface area (Å²) in [7, 11) is 0. The van der Waals surface area contributed by atoms with Crippen molar-refractivity contribution in [3.8, 4) is 11.1 Å². The van der Waals surface area contributed by atoms with Gasteiger partial charge in [-0.15, -0.1) is 0 Å². The van der Waals surface area contributed by atoms with Crippen LogP contribution in [0.4, 0.5) is 4.79 Å². The molecule has 1 fully saturated rings. The van der Waals surface area contributed by atoms with Gasteiger partial charge in [-0.1, -0.05) is 60.7 Å². The van der Waals surface area contributed by atoms with Gasteiger partial charge in [-0.05, 0) is 59.2 Å². The number of hydrogen-bond donors (Lipinski definition) is 3. The van der Waals surface area contributed by atoms with E-state index < -0.39 is 17.6 Å². The average molecular weight is 471 g/mol. The SMILES string of the molecule is O=C(NC1(C(=O)NCCc2cccc(C(=O)O)c2)CC1)OCC1c2ccccc2-c2ccccc21. The predicted octanol–water partition coefficient (Wildman–Crippen LogP) is 4.11. The molecule has 0 unspecified atom stereocenters. The van der Waals surface area contributed by atoms with Crippen molar-refractivity contribution in [3.63, 3.8) is 0 Å². The van der Waals surface area contributed by atoms with E-state index in [2.05, 4.69) is 34.9 Å². The van der Waals surface area contributed by atoms with Crippen molar-refractivity contribution >= 4 is 18.0 Å². The first kappa shape index (κ1) is 22.7. The molecule has 0 spiro atoms. The number of carbonyl (C=O) groups excluding carboxylic acids is 2. The van der Waals surface area contributed by atoms with Crippen LogP contribution in [0.1, 0.15) is 45.8 Å². The summed E-state index contributed by atoms with van der Waals surface area (Å²) < 4.78 is 5.59. The number of ether oxygens (including phenoxy) is 1. The van der Waals surface area contributed by atoms with Crippen LogP contribution >= 0.6 is 0 Å². The van der Waals surface area contributed by atoms with Crippen LogP contribution in [0.5, 0.6) is 0 Å². The summed E-state index contributed by atoms with van der Waals surface area (Å²) in [5.74, 6) is -1.28. The second-order valence-corrected chi connectivity index (χ2v) is 9.04. The summed E-state index contributed by atoms with van der Waals surface area (Å²) in [4.78, 5) is 36.5. The van der Waals surface area contributed by atoms with Gasteiger partial charge in [-0.25, -0.2) is 9.59 Å². The number of amides is 2. The van der Waals surface area contributed by atoms with Crippen molar-refractivity contribution in [2.45, 2.75) is 30.7 Å². The second kappa shape index (κ2) is 9.25. The normalized spacial score (nSPS) is 15.0. The Labute approximate surface area is 203 Å². The molecule has 0 atom stereocenters. The zero-order chi connectivity index (χ0) is 24.4. The van der Waals surface area contributed by atoms with E-state index in [1.807, 2.05) is 30.3 Å². The molecule has 0 bridgehead atoms. The van der Waals surface area contributed by atoms with E-state index in [9.17, 15) is 14.4 Å². The first-order chi connectivity index (χ1) is 17.0. The molecule has 2 aliphatic rings. The van der Waals surface area contributed by atoms with Gasteiger partial charge in [-0.3, -0.25) is 4.79 Å². The Bertz CT molecular complexity index is 1250. The van der Waals surface area contributed by atoms with Crippen LogP contribution in [-0.4, -0.2) is 41.8 Å². The van der Waals surface area contributed by atoms with Crippen LogP contribution in [0.2, 0.25) is 0 Å². The third-order valence-corrected chi connectivity index (χ3v) is 6.74. The van der Waals surface area contributed by atoms with Gasteiger partial charge in [0.15, 0.2) is 0 Å². The number of rotatable bonds is 8. The van der Waals surface area contributed by atoms with Crippen LogP contribution in [0.25, 0.3) is 11.1 Å². The highest BCUT2D eigenvalue weighted by atomic mass is 16.5. The molecule has 2 aliphatic carbocycles. The number of nitrogens with one attached hydrogen (secondary N) is 2. The highest BCUT2D eigenvalue weighted by Gasteiger charge is 2.51. The molecule has 5 rings (SSSR count). The van der Waals surface area contributed by atoms with Gasteiger partial charge < -0.3 is 20.5 Å². The Hall–Kier alpha value is -4.13. The van der Waals surface area contributed by atoms with Gasteiger partial charge >= 0.3 is 12.1 Å². The van der Waals surface area contributed by atoms with E-state index in [4.69, 9.17) is 9.84 Å². The maximum Gasteiger partial charge on any atom is 0.408 e. The van der Waals surface area contributed by atoms with Crippen molar-refractivity contribution in [2.24, 2.45) is 0 Å². The van der Waals surface area contributed by atoms with Gasteiger partial charge in [0.05, 0.1) is 5.56 Å². The molecular formula is C28H26N2O5. The van der Waals surface area contributed by atoms with Crippen LogP contribution in [0, 0.1) is 0 Å². The Morgan fingerprint density at radius 3 is 2.20 bits per heavy atom. The molecule has 3 aromatic rings. The number of carbonyl (C=O) groups is 3. The third-order valence-electron chi connectivity index (χ3n) is 6.74. The van der Waals surface area contributed by atoms with Gasteiger partial charge in [0.2, 0.25) is 5.91 Å². The Morgan fingerprint density at radius 1 is 0.914 bits per heavy atom. The number of benzene rings is 3. The minimum absolute atomic E-state index is 0.0429. The van der Waals surface area contributed by atoms with Crippen LogP contribution in [-0.2, 0) is 16.0 Å². The standard InChI is InChI=1S/C28H26N2O5/c31-25(32)19-7-5-6-18(16-19)12-15-29-26(33)28(13-14-28)30-27(34)35-17-24-22-10-3-1-8-20(22)21-9-2-4-11-23(21)24/h1-11,16,24H,12-15,17H2,(H,29,33)(H,30,34)(H,31,32). The lowest BCUT2D eigenvalue weighted by atomic mass is 9.98. The molecule has 1 saturated carbocycles. The molecule has 0 saturated heterocycles. The molecular weight excluding hydrogens is 444 g/mol. The highest BCUT2D eigenvalue weighted by Crippen LogP contribution is 2.44. The zero-order valence-electron chi connectivity index (χ0n) is 19.1. The number of carboxylic acids is 1. The first-order valence-electron chi connectivity index (χ1n) is 11.7. The quantitative estimate of drug-likeness (QED) is 0.460. The molecule has 178 valence electrons. The van der Waals surface area contributed by atoms with E-state index in [0.29, 0.717) is 25.8 Å². The smallest absolute Gasteiger partial charge is 0.408 e. The molecule has 3 aromatic carbocycles. The monoisotopic (exact) mass is 470 g/mol. The maximum absolute atomic E-state index is 12.7. The van der Waals surface area contributed by atoms with Gasteiger partial charge in [-0.2, -0.15) is 0 Å². The Morgan fingerprint density at radius 2 is 1.57 bits per heavy atom. The number of fused-ring (bicyclic) bond motifs is 3. The van der Waals surface area contributed by atoms with E-state index >= 15 is 0 Å². The van der Waals surface area contributed by atoms with E-state index in [0.717, 1.165) is 27.8 Å². The van der Waals surface area contributed by atoms with Crippen molar-refractivity contribution in [1.82, 2.24) is 10.6 Å². The minimum atomic E-state index is -0.986. The number of alkyl carbamates (subject to hydrolysis) is 1. The lowest BCUT2D eigenvalue weighted by Gasteiger charge is -2.19. The van der Waals surface area contributed by atoms with Gasteiger partial charge in [0, 0.05) is 12.5 Å².